The molecule has 6 heteroatoms. The van der Waals surface area contributed by atoms with Gasteiger partial charge in [-0.3, -0.25) is 9.48 Å². The van der Waals surface area contributed by atoms with Crippen molar-refractivity contribution in [3.63, 3.8) is 0 Å². The molecule has 0 aliphatic rings. The predicted octanol–water partition coefficient (Wildman–Crippen LogP) is 2.21. The lowest BCUT2D eigenvalue weighted by molar-refractivity contribution is 0.0915. The van der Waals surface area contributed by atoms with E-state index in [9.17, 15) is 4.79 Å². The summed E-state index contributed by atoms with van der Waals surface area (Å²) in [4.78, 5) is 15.6. The van der Waals surface area contributed by atoms with Crippen LogP contribution in [0.3, 0.4) is 0 Å². The molecule has 0 saturated heterocycles. The van der Waals surface area contributed by atoms with Crippen LogP contribution in [0.25, 0.3) is 10.9 Å². The fourth-order valence-corrected chi connectivity index (χ4v) is 2.40. The molecule has 3 aromatic rings. The van der Waals surface area contributed by atoms with Gasteiger partial charge in [0.15, 0.2) is 0 Å². The maximum atomic E-state index is 12.5. The topological polar surface area (TPSA) is 75.6 Å². The minimum atomic E-state index is -0.102. The first-order valence-electron chi connectivity index (χ1n) is 7.36. The monoisotopic (exact) mass is 297 g/mol. The molecule has 1 aromatic carbocycles. The fourth-order valence-electron chi connectivity index (χ4n) is 2.40. The number of aromatic amines is 1. The minimum Gasteiger partial charge on any atom is -0.351 e. The number of carbonyl (C=O) groups excluding carboxylic acids is 1. The maximum absolute atomic E-state index is 12.5. The highest BCUT2D eigenvalue weighted by Crippen LogP contribution is 2.15. The molecule has 2 N–H and O–H groups in total. The fraction of sp³-hybridized carbons (Fsp3) is 0.312. The van der Waals surface area contributed by atoms with Gasteiger partial charge in [0.05, 0.1) is 18.8 Å². The van der Waals surface area contributed by atoms with Crippen molar-refractivity contribution in [2.75, 3.05) is 0 Å². The Morgan fingerprint density at radius 2 is 2.18 bits per heavy atom. The number of para-hydroxylation sites is 1. The molecule has 2 aromatic heterocycles. The smallest absolute Gasteiger partial charge is 0.268 e. The zero-order chi connectivity index (χ0) is 15.5. The average Bonchev–Trinajstić information content (AvgIpc) is 3.15. The summed E-state index contributed by atoms with van der Waals surface area (Å²) in [5.41, 5.74) is 1.54. The Labute approximate surface area is 128 Å². The second kappa shape index (κ2) is 6.01. The van der Waals surface area contributed by atoms with E-state index in [0.717, 1.165) is 10.9 Å². The van der Waals surface area contributed by atoms with Gasteiger partial charge in [0.1, 0.15) is 5.69 Å². The first-order valence-corrected chi connectivity index (χ1v) is 7.36. The number of rotatable bonds is 5. The summed E-state index contributed by atoms with van der Waals surface area (Å²) in [5, 5.41) is 11.9. The number of hydrogen-bond acceptors (Lipinski definition) is 3. The van der Waals surface area contributed by atoms with E-state index in [2.05, 4.69) is 34.5 Å². The van der Waals surface area contributed by atoms with Gasteiger partial charge in [-0.25, -0.2) is 0 Å². The maximum Gasteiger partial charge on any atom is 0.268 e. The van der Waals surface area contributed by atoms with Crippen LogP contribution in [0.4, 0.5) is 0 Å². The summed E-state index contributed by atoms with van der Waals surface area (Å²) < 4.78 is 1.73. The molecule has 2 heterocycles. The van der Waals surface area contributed by atoms with Crippen molar-refractivity contribution in [2.45, 2.75) is 26.4 Å². The zero-order valence-electron chi connectivity index (χ0n) is 12.7. The molecule has 114 valence electrons. The third-order valence-electron chi connectivity index (χ3n) is 3.75. The Morgan fingerprint density at radius 1 is 1.36 bits per heavy atom. The number of nitrogens with zero attached hydrogens (tertiary/aromatic N) is 3. The largest absolute Gasteiger partial charge is 0.351 e. The van der Waals surface area contributed by atoms with Gasteiger partial charge < -0.3 is 10.3 Å². The van der Waals surface area contributed by atoms with Crippen LogP contribution < -0.4 is 5.32 Å². The van der Waals surface area contributed by atoms with Crippen molar-refractivity contribution in [1.29, 1.82) is 0 Å². The molecule has 1 amide bonds. The molecule has 0 radical (unpaired) electrons. The van der Waals surface area contributed by atoms with Crippen molar-refractivity contribution in [3.8, 4) is 0 Å². The summed E-state index contributed by atoms with van der Waals surface area (Å²) in [6.07, 6.45) is 3.43. The Kier molecular flexibility index (Phi) is 3.91. The minimum absolute atomic E-state index is 0.0133. The number of benzene rings is 1. The number of hydrogen-bond donors (Lipinski definition) is 2. The Balaban J connectivity index is 1.75. The molecule has 0 aliphatic carbocycles. The molecule has 1 atom stereocenters. The van der Waals surface area contributed by atoms with Crippen LogP contribution in [0.5, 0.6) is 0 Å². The van der Waals surface area contributed by atoms with Gasteiger partial charge in [0.25, 0.3) is 5.91 Å². The highest BCUT2D eigenvalue weighted by Gasteiger charge is 2.19. The molecular formula is C16H19N5O. The van der Waals surface area contributed by atoms with Crippen LogP contribution in [-0.2, 0) is 6.54 Å². The lowest BCUT2D eigenvalue weighted by Crippen LogP contribution is -2.41. The van der Waals surface area contributed by atoms with Gasteiger partial charge in [-0.1, -0.05) is 37.3 Å². The number of H-pyrrole nitrogens is 1. The van der Waals surface area contributed by atoms with Crippen LogP contribution in [0.2, 0.25) is 0 Å². The summed E-state index contributed by atoms with van der Waals surface area (Å²) in [6.45, 7) is 4.75. The SMILES string of the molecule is CC(C)[C@@H](Cn1ccnn1)NC(=O)c1cc2ccccc2[nH]1. The van der Waals surface area contributed by atoms with Crippen LogP contribution in [0, 0.1) is 5.92 Å². The standard InChI is InChI=1S/C16H19N5O/c1-11(2)15(10-21-8-7-17-20-21)19-16(22)14-9-12-5-3-4-6-13(12)18-14/h3-9,11,15,18H,10H2,1-2H3,(H,19,22)/t15-/m1/s1. The van der Waals surface area contributed by atoms with E-state index >= 15 is 0 Å². The molecule has 3 rings (SSSR count). The summed E-state index contributed by atoms with van der Waals surface area (Å²) in [7, 11) is 0. The van der Waals surface area contributed by atoms with Crippen LogP contribution in [-0.4, -0.2) is 31.9 Å². The van der Waals surface area contributed by atoms with Crippen molar-refractivity contribution in [3.05, 3.63) is 48.4 Å². The third-order valence-corrected chi connectivity index (χ3v) is 3.75. The Bertz CT molecular complexity index is 727. The highest BCUT2D eigenvalue weighted by atomic mass is 16.2. The van der Waals surface area contributed by atoms with Gasteiger partial charge in [-0.05, 0) is 18.1 Å². The molecule has 0 unspecified atom stereocenters. The van der Waals surface area contributed by atoms with Crippen molar-refractivity contribution in [1.82, 2.24) is 25.3 Å². The zero-order valence-corrected chi connectivity index (χ0v) is 12.7. The summed E-state index contributed by atoms with van der Waals surface area (Å²) >= 11 is 0. The number of amides is 1. The number of fused-ring (bicyclic) bond motifs is 1. The number of carbonyl (C=O) groups is 1. The lowest BCUT2D eigenvalue weighted by atomic mass is 10.0. The number of aromatic nitrogens is 4. The van der Waals surface area contributed by atoms with Crippen molar-refractivity contribution >= 4 is 16.8 Å². The second-order valence-electron chi connectivity index (χ2n) is 5.72. The third kappa shape index (κ3) is 3.00. The van der Waals surface area contributed by atoms with Crippen molar-refractivity contribution in [2.24, 2.45) is 5.92 Å². The van der Waals surface area contributed by atoms with Gasteiger partial charge >= 0.3 is 0 Å². The predicted molar refractivity (Wildman–Crippen MR) is 84.4 cm³/mol. The normalized spacial score (nSPS) is 12.7. The average molecular weight is 297 g/mol. The van der Waals surface area contributed by atoms with E-state index in [1.807, 2.05) is 30.3 Å². The van der Waals surface area contributed by atoms with E-state index in [1.54, 1.807) is 17.1 Å². The molecule has 22 heavy (non-hydrogen) atoms. The van der Waals surface area contributed by atoms with Crippen LogP contribution in [0.1, 0.15) is 24.3 Å². The molecule has 0 saturated carbocycles. The van der Waals surface area contributed by atoms with Gasteiger partial charge in [0.2, 0.25) is 0 Å². The van der Waals surface area contributed by atoms with E-state index < -0.39 is 0 Å². The molecular weight excluding hydrogens is 278 g/mol. The van der Waals surface area contributed by atoms with E-state index in [0.29, 0.717) is 12.2 Å². The Hall–Kier alpha value is -2.63. The number of nitrogens with one attached hydrogen (secondary N) is 2. The second-order valence-corrected chi connectivity index (χ2v) is 5.72. The quantitative estimate of drug-likeness (QED) is 0.758. The summed E-state index contributed by atoms with van der Waals surface area (Å²) in [6, 6.07) is 9.71. The van der Waals surface area contributed by atoms with Crippen molar-refractivity contribution < 1.29 is 4.79 Å². The lowest BCUT2D eigenvalue weighted by Gasteiger charge is -2.21. The molecule has 6 nitrogen and oxygen atoms in total. The molecule has 0 bridgehead atoms. The first-order chi connectivity index (χ1) is 10.6. The molecule has 0 spiro atoms. The van der Waals surface area contributed by atoms with E-state index in [-0.39, 0.29) is 17.9 Å². The van der Waals surface area contributed by atoms with Gasteiger partial charge in [-0.2, -0.15) is 0 Å². The van der Waals surface area contributed by atoms with Gasteiger partial charge in [-0.15, -0.1) is 5.10 Å². The van der Waals surface area contributed by atoms with Gasteiger partial charge in [0, 0.05) is 17.1 Å². The first kappa shape index (κ1) is 14.3. The van der Waals surface area contributed by atoms with Crippen LogP contribution >= 0.6 is 0 Å². The van der Waals surface area contributed by atoms with E-state index in [1.165, 1.54) is 0 Å². The van der Waals surface area contributed by atoms with Crippen LogP contribution in [0.15, 0.2) is 42.7 Å². The Morgan fingerprint density at radius 3 is 2.86 bits per heavy atom. The summed E-state index contributed by atoms with van der Waals surface area (Å²) in [5.74, 6) is 0.188. The highest BCUT2D eigenvalue weighted by molar-refractivity contribution is 5.98. The molecule has 0 aliphatic heterocycles. The van der Waals surface area contributed by atoms with E-state index in [4.69, 9.17) is 0 Å². The molecule has 0 fully saturated rings.